The zero-order valence-electron chi connectivity index (χ0n) is 51.1. The molecule has 1 saturated heterocycles. The molecule has 0 aliphatic carbocycles. The van der Waals surface area contributed by atoms with E-state index in [0.717, 1.165) is 77.0 Å². The maximum absolute atomic E-state index is 13.2. The van der Waals surface area contributed by atoms with E-state index in [4.69, 9.17) is 23.7 Å². The van der Waals surface area contributed by atoms with Crippen LogP contribution in [0.2, 0.25) is 0 Å². The standard InChI is InChI=1S/C67H122O12/c1-4-7-10-13-16-19-22-25-28-29-30-31-34-37-40-43-46-49-52-55-61(70)78-65-63(72)62(71)64(66(73)74)79-67(65)76-57-58(77-60(69)54-51-48-45-42-39-36-33-27-24-21-18-15-12-9-6-3)56-75-59(68)53-50-47-44-41-38-35-32-26-23-20-17-14-11-8-5-2/h16,19,25,28,58,62-65,67,71-72H,4-15,17-18,20-24,26-27,29-57H2,1-3H3,(H,73,74)/b19-16-,28-25-. The highest BCUT2D eigenvalue weighted by molar-refractivity contribution is 5.74. The van der Waals surface area contributed by atoms with Gasteiger partial charge in [-0.3, -0.25) is 14.4 Å². The van der Waals surface area contributed by atoms with Crippen molar-refractivity contribution < 1.29 is 58.2 Å². The molecule has 79 heavy (non-hydrogen) atoms. The predicted molar refractivity (Wildman–Crippen MR) is 322 cm³/mol. The molecule has 0 radical (unpaired) electrons. The van der Waals surface area contributed by atoms with Crippen LogP contribution in [0.3, 0.4) is 0 Å². The van der Waals surface area contributed by atoms with Crippen molar-refractivity contribution in [1.82, 2.24) is 0 Å². The van der Waals surface area contributed by atoms with Gasteiger partial charge in [0.2, 0.25) is 0 Å². The topological polar surface area (TPSA) is 175 Å². The molecule has 6 atom stereocenters. The van der Waals surface area contributed by atoms with Crippen molar-refractivity contribution in [1.29, 1.82) is 0 Å². The molecule has 1 rings (SSSR count). The van der Waals surface area contributed by atoms with Crippen LogP contribution in [0.25, 0.3) is 0 Å². The van der Waals surface area contributed by atoms with Gasteiger partial charge in [-0.2, -0.15) is 0 Å². The third kappa shape index (κ3) is 45.4. The lowest BCUT2D eigenvalue weighted by Gasteiger charge is -2.40. The predicted octanol–water partition coefficient (Wildman–Crippen LogP) is 17.8. The van der Waals surface area contributed by atoms with Gasteiger partial charge < -0.3 is 39.0 Å². The lowest BCUT2D eigenvalue weighted by Crippen LogP contribution is -2.61. The van der Waals surface area contributed by atoms with Crippen molar-refractivity contribution >= 4 is 23.9 Å². The Morgan fingerprint density at radius 1 is 0.418 bits per heavy atom. The number of aliphatic carboxylic acids is 1. The summed E-state index contributed by atoms with van der Waals surface area (Å²) >= 11 is 0. The second-order valence-corrected chi connectivity index (χ2v) is 23.1. The number of carboxylic acid groups (broad SMARTS) is 1. The number of aliphatic hydroxyl groups excluding tert-OH is 2. The van der Waals surface area contributed by atoms with Crippen molar-refractivity contribution in [3.63, 3.8) is 0 Å². The molecular weight excluding hydrogens is 997 g/mol. The van der Waals surface area contributed by atoms with Gasteiger partial charge in [-0.15, -0.1) is 0 Å². The van der Waals surface area contributed by atoms with Crippen molar-refractivity contribution in [2.45, 2.75) is 366 Å². The van der Waals surface area contributed by atoms with E-state index in [1.807, 2.05) is 0 Å². The first-order chi connectivity index (χ1) is 38.6. The monoisotopic (exact) mass is 1120 g/mol. The first-order valence-corrected chi connectivity index (χ1v) is 33.3. The van der Waals surface area contributed by atoms with Crippen molar-refractivity contribution in [2.24, 2.45) is 0 Å². The summed E-state index contributed by atoms with van der Waals surface area (Å²) in [7, 11) is 0. The van der Waals surface area contributed by atoms with Gasteiger partial charge in [-0.1, -0.05) is 283 Å². The fourth-order valence-corrected chi connectivity index (χ4v) is 10.4. The Kier molecular flexibility index (Phi) is 52.3. The molecule has 12 nitrogen and oxygen atoms in total. The van der Waals surface area contributed by atoms with Crippen molar-refractivity contribution in [2.75, 3.05) is 13.2 Å². The molecule has 0 aromatic rings. The Balaban J connectivity index is 2.63. The quantitative estimate of drug-likeness (QED) is 0.0228. The van der Waals surface area contributed by atoms with Crippen molar-refractivity contribution in [3.05, 3.63) is 24.3 Å². The van der Waals surface area contributed by atoms with E-state index in [0.29, 0.717) is 19.3 Å². The molecule has 0 bridgehead atoms. The summed E-state index contributed by atoms with van der Waals surface area (Å²) < 4.78 is 28.6. The van der Waals surface area contributed by atoms with Gasteiger partial charge in [0.15, 0.2) is 24.6 Å². The van der Waals surface area contributed by atoms with Crippen LogP contribution in [0.1, 0.15) is 329 Å². The molecule has 12 heteroatoms. The summed E-state index contributed by atoms with van der Waals surface area (Å²) in [6.07, 6.45) is 52.7. The van der Waals surface area contributed by atoms with E-state index in [9.17, 15) is 34.5 Å². The maximum atomic E-state index is 13.2. The minimum Gasteiger partial charge on any atom is -0.479 e. The highest BCUT2D eigenvalue weighted by Gasteiger charge is 2.50. The minimum atomic E-state index is -1.90. The number of ether oxygens (including phenoxy) is 5. The molecule has 0 amide bonds. The first-order valence-electron chi connectivity index (χ1n) is 33.3. The van der Waals surface area contributed by atoms with Crippen LogP contribution in [0.4, 0.5) is 0 Å². The second-order valence-electron chi connectivity index (χ2n) is 23.1. The Hall–Kier alpha value is -2.80. The zero-order valence-corrected chi connectivity index (χ0v) is 51.1. The number of hydrogen-bond acceptors (Lipinski definition) is 11. The van der Waals surface area contributed by atoms with Gasteiger partial charge in [-0.25, -0.2) is 4.79 Å². The molecule has 1 fully saturated rings. The largest absolute Gasteiger partial charge is 0.479 e. The number of carbonyl (C=O) groups is 4. The third-order valence-electron chi connectivity index (χ3n) is 15.5. The number of unbranched alkanes of at least 4 members (excludes halogenated alkanes) is 40. The second kappa shape index (κ2) is 55.7. The summed E-state index contributed by atoms with van der Waals surface area (Å²) in [5.74, 6) is -3.08. The molecule has 0 saturated carbocycles. The van der Waals surface area contributed by atoms with Crippen LogP contribution in [-0.2, 0) is 42.9 Å². The van der Waals surface area contributed by atoms with E-state index >= 15 is 0 Å². The molecule has 0 spiro atoms. The van der Waals surface area contributed by atoms with Crippen LogP contribution < -0.4 is 0 Å². The maximum Gasteiger partial charge on any atom is 0.335 e. The lowest BCUT2D eigenvalue weighted by molar-refractivity contribution is -0.301. The van der Waals surface area contributed by atoms with Crippen LogP contribution in [-0.4, -0.2) is 89.2 Å². The Morgan fingerprint density at radius 3 is 1.16 bits per heavy atom. The Labute approximate surface area is 483 Å². The highest BCUT2D eigenvalue weighted by Crippen LogP contribution is 2.27. The number of rotatable bonds is 58. The van der Waals surface area contributed by atoms with E-state index in [2.05, 4.69) is 45.1 Å². The molecule has 6 unspecified atom stereocenters. The molecule has 0 aromatic heterocycles. The number of allylic oxidation sites excluding steroid dienone is 4. The summed E-state index contributed by atoms with van der Waals surface area (Å²) in [6, 6.07) is 0. The average Bonchev–Trinajstić information content (AvgIpc) is 3.44. The normalized spacial score (nSPS) is 17.9. The van der Waals surface area contributed by atoms with Crippen molar-refractivity contribution in [3.8, 4) is 0 Å². The van der Waals surface area contributed by atoms with Gasteiger partial charge in [-0.05, 0) is 51.4 Å². The summed E-state index contributed by atoms with van der Waals surface area (Å²) in [5.41, 5.74) is 0. The summed E-state index contributed by atoms with van der Waals surface area (Å²) in [4.78, 5) is 51.3. The lowest BCUT2D eigenvalue weighted by atomic mass is 9.98. The smallest absolute Gasteiger partial charge is 0.335 e. The molecular formula is C67H122O12. The van der Waals surface area contributed by atoms with Gasteiger partial charge in [0.25, 0.3) is 0 Å². The number of carbonyl (C=O) groups excluding carboxylic acids is 3. The molecule has 1 aliphatic rings. The van der Waals surface area contributed by atoms with Crippen LogP contribution >= 0.6 is 0 Å². The minimum absolute atomic E-state index is 0.0609. The first kappa shape index (κ1) is 74.2. The van der Waals surface area contributed by atoms with Gasteiger partial charge in [0.1, 0.15) is 18.8 Å². The summed E-state index contributed by atoms with van der Waals surface area (Å²) in [5, 5.41) is 31.6. The molecule has 0 aromatic carbocycles. The molecule has 1 aliphatic heterocycles. The van der Waals surface area contributed by atoms with Crippen LogP contribution in [0.5, 0.6) is 0 Å². The van der Waals surface area contributed by atoms with Gasteiger partial charge in [0, 0.05) is 19.3 Å². The fraction of sp³-hybridized carbons (Fsp3) is 0.881. The van der Waals surface area contributed by atoms with E-state index in [1.165, 1.54) is 193 Å². The highest BCUT2D eigenvalue weighted by atomic mass is 16.7. The third-order valence-corrected chi connectivity index (χ3v) is 15.5. The average molecular weight is 1120 g/mol. The van der Waals surface area contributed by atoms with Crippen LogP contribution in [0, 0.1) is 0 Å². The van der Waals surface area contributed by atoms with Crippen LogP contribution in [0.15, 0.2) is 24.3 Å². The SMILES string of the molecule is CCCCC/C=C\C/C=C\CCCCCCCCCCCC(=O)OC1C(OCC(COC(=O)CCCCCCCCCCCCCCCCC)OC(=O)CCCCCCCCCCCCCCCCC)OC(C(=O)O)C(O)C1O. The Morgan fingerprint density at radius 2 is 0.759 bits per heavy atom. The number of aliphatic hydroxyl groups is 2. The van der Waals surface area contributed by atoms with E-state index < -0.39 is 67.3 Å². The fourth-order valence-electron chi connectivity index (χ4n) is 10.4. The molecule has 3 N–H and O–H groups in total. The zero-order chi connectivity index (χ0) is 57.5. The molecule has 462 valence electrons. The van der Waals surface area contributed by atoms with E-state index in [-0.39, 0.29) is 25.9 Å². The number of hydrogen-bond donors (Lipinski definition) is 3. The van der Waals surface area contributed by atoms with E-state index in [1.54, 1.807) is 0 Å². The molecule has 1 heterocycles. The number of carboxylic acids is 1. The summed E-state index contributed by atoms with van der Waals surface area (Å²) in [6.45, 7) is 6.03. The van der Waals surface area contributed by atoms with Gasteiger partial charge >= 0.3 is 23.9 Å². The Bertz CT molecular complexity index is 1470. The van der Waals surface area contributed by atoms with Gasteiger partial charge in [0.05, 0.1) is 6.61 Å². The number of esters is 3.